The normalized spacial score (nSPS) is 9.95. The standard InChI is InChI=1S/C13H20N4O2/c1-2-5-13(18)12-19-11-4-3-6-14-7-9-17-10-8-15-16-17/h8,10,14H,3-4,6-7,9,11-12H2,1H3. The van der Waals surface area contributed by atoms with Crippen LogP contribution in [0.1, 0.15) is 19.8 Å². The first-order valence-corrected chi connectivity index (χ1v) is 6.41. The van der Waals surface area contributed by atoms with Crippen molar-refractivity contribution in [3.05, 3.63) is 12.4 Å². The zero-order valence-corrected chi connectivity index (χ0v) is 11.3. The average Bonchev–Trinajstić information content (AvgIpc) is 2.90. The fraction of sp³-hybridized carbons (Fsp3) is 0.615. The molecule has 0 radical (unpaired) electrons. The molecule has 0 bridgehead atoms. The molecular formula is C13H20N4O2. The van der Waals surface area contributed by atoms with Crippen LogP contribution in [0.5, 0.6) is 0 Å². The monoisotopic (exact) mass is 264 g/mol. The largest absolute Gasteiger partial charge is 0.373 e. The second kappa shape index (κ2) is 10.2. The summed E-state index contributed by atoms with van der Waals surface area (Å²) in [5, 5.41) is 10.9. The van der Waals surface area contributed by atoms with Crippen molar-refractivity contribution >= 4 is 5.78 Å². The molecule has 0 aliphatic heterocycles. The molecule has 0 amide bonds. The topological polar surface area (TPSA) is 69.0 Å². The molecule has 0 aromatic carbocycles. The van der Waals surface area contributed by atoms with Crippen LogP contribution in [0.3, 0.4) is 0 Å². The highest BCUT2D eigenvalue weighted by Gasteiger charge is 1.96. The number of hydrogen-bond donors (Lipinski definition) is 1. The van der Waals surface area contributed by atoms with Gasteiger partial charge in [-0.05, 0) is 32.2 Å². The number of nitrogens with zero attached hydrogens (tertiary/aromatic N) is 3. The van der Waals surface area contributed by atoms with Crippen LogP contribution in [0.15, 0.2) is 12.4 Å². The molecule has 0 fully saturated rings. The summed E-state index contributed by atoms with van der Waals surface area (Å²) in [6.45, 7) is 4.96. The molecule has 1 aromatic rings. The van der Waals surface area contributed by atoms with E-state index in [1.165, 1.54) is 0 Å². The first kappa shape index (κ1) is 15.3. The molecule has 19 heavy (non-hydrogen) atoms. The lowest BCUT2D eigenvalue weighted by atomic mass is 10.3. The second-order valence-electron chi connectivity index (χ2n) is 3.97. The maximum absolute atomic E-state index is 11.0. The molecule has 0 saturated heterocycles. The molecule has 6 heteroatoms. The van der Waals surface area contributed by atoms with E-state index in [0.717, 1.165) is 32.5 Å². The summed E-state index contributed by atoms with van der Waals surface area (Å²) in [6, 6.07) is 0. The van der Waals surface area contributed by atoms with Gasteiger partial charge in [0.25, 0.3) is 0 Å². The van der Waals surface area contributed by atoms with Crippen molar-refractivity contribution in [2.24, 2.45) is 0 Å². The lowest BCUT2D eigenvalue weighted by molar-refractivity contribution is -0.118. The minimum atomic E-state index is -0.159. The van der Waals surface area contributed by atoms with Gasteiger partial charge in [-0.2, -0.15) is 0 Å². The Balaban J connectivity index is 1.83. The number of carbonyl (C=O) groups is 1. The molecule has 0 saturated carbocycles. The van der Waals surface area contributed by atoms with Crippen LogP contribution in [0.2, 0.25) is 0 Å². The Kier molecular flexibility index (Phi) is 8.27. The fourth-order valence-corrected chi connectivity index (χ4v) is 1.47. The van der Waals surface area contributed by atoms with E-state index in [0.29, 0.717) is 6.61 Å². The summed E-state index contributed by atoms with van der Waals surface area (Å²) < 4.78 is 7.00. The summed E-state index contributed by atoms with van der Waals surface area (Å²) in [6.07, 6.45) is 5.46. The summed E-state index contributed by atoms with van der Waals surface area (Å²) in [5.41, 5.74) is 0. The third-order valence-electron chi connectivity index (χ3n) is 2.38. The number of aromatic nitrogens is 3. The van der Waals surface area contributed by atoms with Crippen molar-refractivity contribution in [1.82, 2.24) is 20.3 Å². The number of ether oxygens (including phenoxy) is 1. The zero-order chi connectivity index (χ0) is 13.8. The molecule has 1 rings (SSSR count). The number of hydrogen-bond acceptors (Lipinski definition) is 5. The Morgan fingerprint density at radius 1 is 1.42 bits per heavy atom. The summed E-state index contributed by atoms with van der Waals surface area (Å²) >= 11 is 0. The molecule has 6 nitrogen and oxygen atoms in total. The molecule has 1 aromatic heterocycles. The average molecular weight is 264 g/mol. The highest BCUT2D eigenvalue weighted by molar-refractivity contribution is 5.96. The minimum Gasteiger partial charge on any atom is -0.373 e. The van der Waals surface area contributed by atoms with Crippen LogP contribution in [0.4, 0.5) is 0 Å². The van der Waals surface area contributed by atoms with Crippen molar-refractivity contribution in [1.29, 1.82) is 0 Å². The van der Waals surface area contributed by atoms with E-state index in [9.17, 15) is 4.79 Å². The van der Waals surface area contributed by atoms with Gasteiger partial charge in [0.15, 0.2) is 0 Å². The maximum Gasteiger partial charge on any atom is 0.231 e. The van der Waals surface area contributed by atoms with Crippen LogP contribution in [-0.4, -0.2) is 47.1 Å². The third kappa shape index (κ3) is 8.08. The first-order chi connectivity index (χ1) is 9.33. The van der Waals surface area contributed by atoms with Gasteiger partial charge in [-0.25, -0.2) is 0 Å². The molecule has 0 atom stereocenters. The van der Waals surface area contributed by atoms with E-state index in [4.69, 9.17) is 4.74 Å². The third-order valence-corrected chi connectivity index (χ3v) is 2.38. The van der Waals surface area contributed by atoms with E-state index in [1.807, 2.05) is 6.20 Å². The van der Waals surface area contributed by atoms with E-state index < -0.39 is 0 Å². The molecule has 0 aliphatic carbocycles. The van der Waals surface area contributed by atoms with Gasteiger partial charge in [0, 0.05) is 19.3 Å². The van der Waals surface area contributed by atoms with E-state index in [1.54, 1.807) is 17.8 Å². The molecule has 0 aliphatic rings. The maximum atomic E-state index is 11.0. The second-order valence-corrected chi connectivity index (χ2v) is 3.97. The molecule has 104 valence electrons. The Bertz CT molecular complexity index is 406. The van der Waals surface area contributed by atoms with Crippen molar-refractivity contribution < 1.29 is 9.53 Å². The predicted octanol–water partition coefficient (Wildman–Crippen LogP) is 0.257. The predicted molar refractivity (Wildman–Crippen MR) is 71.4 cm³/mol. The number of carbonyl (C=O) groups excluding carboxylic acids is 1. The van der Waals surface area contributed by atoms with Crippen molar-refractivity contribution in [3.63, 3.8) is 0 Å². The van der Waals surface area contributed by atoms with Gasteiger partial charge in [0.05, 0.1) is 12.7 Å². The lowest BCUT2D eigenvalue weighted by Gasteiger charge is -2.04. The van der Waals surface area contributed by atoms with Crippen molar-refractivity contribution in [2.45, 2.75) is 26.3 Å². The lowest BCUT2D eigenvalue weighted by Crippen LogP contribution is -2.21. The Hall–Kier alpha value is -1.71. The summed E-state index contributed by atoms with van der Waals surface area (Å²) in [5.74, 6) is 4.83. The number of ketones is 1. The smallest absolute Gasteiger partial charge is 0.231 e. The highest BCUT2D eigenvalue weighted by atomic mass is 16.5. The van der Waals surface area contributed by atoms with E-state index in [-0.39, 0.29) is 12.4 Å². The molecule has 1 heterocycles. The summed E-state index contributed by atoms with van der Waals surface area (Å²) in [7, 11) is 0. The number of nitrogens with one attached hydrogen (secondary N) is 1. The van der Waals surface area contributed by atoms with Gasteiger partial charge in [-0.3, -0.25) is 9.48 Å². The highest BCUT2D eigenvalue weighted by Crippen LogP contribution is 1.89. The Morgan fingerprint density at radius 2 is 2.32 bits per heavy atom. The fourth-order valence-electron chi connectivity index (χ4n) is 1.47. The number of Topliss-reactive ketones (excluding diaryl/α,β-unsaturated/α-hetero) is 1. The van der Waals surface area contributed by atoms with Gasteiger partial charge in [-0.1, -0.05) is 11.1 Å². The summed E-state index contributed by atoms with van der Waals surface area (Å²) in [4.78, 5) is 11.0. The van der Waals surface area contributed by atoms with Crippen LogP contribution in [0, 0.1) is 11.8 Å². The number of unbranched alkanes of at least 4 members (excludes halogenated alkanes) is 1. The Labute approximate surface area is 113 Å². The van der Waals surface area contributed by atoms with Crippen LogP contribution in [0.25, 0.3) is 0 Å². The van der Waals surface area contributed by atoms with Crippen LogP contribution >= 0.6 is 0 Å². The quantitative estimate of drug-likeness (QED) is 0.373. The Morgan fingerprint density at radius 3 is 3.05 bits per heavy atom. The van der Waals surface area contributed by atoms with Crippen molar-refractivity contribution in [2.75, 3.05) is 26.3 Å². The minimum absolute atomic E-state index is 0.0978. The van der Waals surface area contributed by atoms with Gasteiger partial charge in [0.1, 0.15) is 6.61 Å². The van der Waals surface area contributed by atoms with Gasteiger partial charge in [-0.15, -0.1) is 5.10 Å². The van der Waals surface area contributed by atoms with Gasteiger partial charge >= 0.3 is 0 Å². The zero-order valence-electron chi connectivity index (χ0n) is 11.3. The van der Waals surface area contributed by atoms with Gasteiger partial charge < -0.3 is 10.1 Å². The van der Waals surface area contributed by atoms with Crippen LogP contribution in [-0.2, 0) is 16.1 Å². The van der Waals surface area contributed by atoms with E-state index >= 15 is 0 Å². The SMILES string of the molecule is CC#CC(=O)COCCCCNCCn1ccnn1. The first-order valence-electron chi connectivity index (χ1n) is 6.41. The molecular weight excluding hydrogens is 244 g/mol. The van der Waals surface area contributed by atoms with Gasteiger partial charge in [0.2, 0.25) is 5.78 Å². The number of rotatable bonds is 10. The van der Waals surface area contributed by atoms with Crippen LogP contribution < -0.4 is 5.32 Å². The van der Waals surface area contributed by atoms with Crippen molar-refractivity contribution in [3.8, 4) is 11.8 Å². The molecule has 0 spiro atoms. The molecule has 1 N–H and O–H groups in total. The molecule has 0 unspecified atom stereocenters. The van der Waals surface area contributed by atoms with E-state index in [2.05, 4.69) is 27.5 Å².